The third-order valence-electron chi connectivity index (χ3n) is 3.57. The number of imide groups is 1. The maximum absolute atomic E-state index is 12.4. The van der Waals surface area contributed by atoms with Crippen LogP contribution in [-0.2, 0) is 14.3 Å². The van der Waals surface area contributed by atoms with Crippen LogP contribution >= 0.6 is 35.0 Å². The zero-order valence-electron chi connectivity index (χ0n) is 14.0. The summed E-state index contributed by atoms with van der Waals surface area (Å²) in [5, 5.41) is 0.297. The fourth-order valence-corrected chi connectivity index (χ4v) is 3.45. The van der Waals surface area contributed by atoms with Gasteiger partial charge in [-0.1, -0.05) is 23.2 Å². The van der Waals surface area contributed by atoms with Gasteiger partial charge < -0.3 is 9.15 Å². The van der Waals surface area contributed by atoms with E-state index < -0.39 is 23.7 Å². The molecular formula is C18H13Cl2NO5S. The van der Waals surface area contributed by atoms with Crippen molar-refractivity contribution in [1.29, 1.82) is 0 Å². The molecule has 2 aromatic rings. The molecule has 1 aliphatic rings. The molecule has 0 aliphatic carbocycles. The van der Waals surface area contributed by atoms with Gasteiger partial charge >= 0.3 is 5.97 Å². The molecule has 1 fully saturated rings. The van der Waals surface area contributed by atoms with Crippen molar-refractivity contribution in [2.24, 2.45) is 0 Å². The van der Waals surface area contributed by atoms with Gasteiger partial charge in [0.15, 0.2) is 0 Å². The van der Waals surface area contributed by atoms with E-state index in [1.807, 2.05) is 0 Å². The summed E-state index contributed by atoms with van der Waals surface area (Å²) in [4.78, 5) is 36.9. The standard InChI is InChI=1S/C18H13Cl2NO5S/c1-2-25-16(22)9-21-17(23)15(27-18(21)24)8-11-4-6-14(26-11)10-3-5-12(19)13(20)7-10/h3-8H,2,9H2,1H3/b15-8-. The number of amides is 2. The largest absolute Gasteiger partial charge is 0.465 e. The molecule has 0 atom stereocenters. The van der Waals surface area contributed by atoms with Crippen molar-refractivity contribution in [3.63, 3.8) is 0 Å². The quantitative estimate of drug-likeness (QED) is 0.503. The van der Waals surface area contributed by atoms with Gasteiger partial charge in [0.2, 0.25) is 0 Å². The van der Waals surface area contributed by atoms with Crippen LogP contribution in [-0.4, -0.2) is 35.2 Å². The highest BCUT2D eigenvalue weighted by Gasteiger charge is 2.36. The number of ether oxygens (including phenoxy) is 1. The van der Waals surface area contributed by atoms with Crippen LogP contribution in [0.3, 0.4) is 0 Å². The first-order chi connectivity index (χ1) is 12.9. The second-order valence-corrected chi connectivity index (χ2v) is 7.21. The number of hydrogen-bond acceptors (Lipinski definition) is 6. The van der Waals surface area contributed by atoms with Crippen molar-refractivity contribution >= 4 is 58.2 Å². The van der Waals surface area contributed by atoms with E-state index in [2.05, 4.69) is 0 Å². The molecule has 0 unspecified atom stereocenters. The fraction of sp³-hybridized carbons (Fsp3) is 0.167. The smallest absolute Gasteiger partial charge is 0.326 e. The molecule has 2 amide bonds. The van der Waals surface area contributed by atoms with Crippen LogP contribution in [0.1, 0.15) is 12.7 Å². The lowest BCUT2D eigenvalue weighted by molar-refractivity contribution is -0.145. The number of benzene rings is 1. The minimum absolute atomic E-state index is 0.166. The SMILES string of the molecule is CCOC(=O)CN1C(=O)S/C(=C\c2ccc(-c3ccc(Cl)c(Cl)c3)o2)C1=O. The minimum atomic E-state index is -0.638. The van der Waals surface area contributed by atoms with E-state index in [4.69, 9.17) is 32.4 Å². The summed E-state index contributed by atoms with van der Waals surface area (Å²) < 4.78 is 10.5. The molecule has 1 saturated heterocycles. The summed E-state index contributed by atoms with van der Waals surface area (Å²) in [7, 11) is 0. The topological polar surface area (TPSA) is 76.8 Å². The molecule has 0 saturated carbocycles. The summed E-state index contributed by atoms with van der Waals surface area (Å²) in [5.74, 6) is -0.283. The minimum Gasteiger partial charge on any atom is -0.465 e. The van der Waals surface area contributed by atoms with Crippen molar-refractivity contribution in [2.75, 3.05) is 13.2 Å². The molecule has 1 aromatic heterocycles. The summed E-state index contributed by atoms with van der Waals surface area (Å²) in [5.41, 5.74) is 0.722. The molecular weight excluding hydrogens is 413 g/mol. The average Bonchev–Trinajstić information content (AvgIpc) is 3.18. The normalized spacial score (nSPS) is 15.7. The summed E-state index contributed by atoms with van der Waals surface area (Å²) in [6.07, 6.45) is 1.46. The molecule has 2 heterocycles. The fourth-order valence-electron chi connectivity index (χ4n) is 2.34. The van der Waals surface area contributed by atoms with Gasteiger partial charge in [0.05, 0.1) is 21.6 Å². The van der Waals surface area contributed by atoms with Crippen LogP contribution in [0.25, 0.3) is 17.4 Å². The van der Waals surface area contributed by atoms with Crippen molar-refractivity contribution < 1.29 is 23.5 Å². The number of esters is 1. The van der Waals surface area contributed by atoms with Crippen LogP contribution in [0.2, 0.25) is 10.0 Å². The van der Waals surface area contributed by atoms with Crippen molar-refractivity contribution in [3.8, 4) is 11.3 Å². The Kier molecular flexibility index (Phi) is 5.94. The second kappa shape index (κ2) is 8.21. The lowest BCUT2D eigenvalue weighted by Gasteiger charge is -2.10. The Hall–Kier alpha value is -2.22. The van der Waals surface area contributed by atoms with Crippen molar-refractivity contribution in [2.45, 2.75) is 6.92 Å². The van der Waals surface area contributed by atoms with Crippen LogP contribution in [0.5, 0.6) is 0 Å². The molecule has 27 heavy (non-hydrogen) atoms. The summed E-state index contributed by atoms with van der Waals surface area (Å²) in [6.45, 7) is 1.41. The number of hydrogen-bond donors (Lipinski definition) is 0. The van der Waals surface area contributed by atoms with E-state index in [0.29, 0.717) is 21.6 Å². The number of rotatable bonds is 5. The highest BCUT2D eigenvalue weighted by atomic mass is 35.5. The van der Waals surface area contributed by atoms with Crippen molar-refractivity contribution in [1.82, 2.24) is 4.90 Å². The highest BCUT2D eigenvalue weighted by molar-refractivity contribution is 8.18. The highest BCUT2D eigenvalue weighted by Crippen LogP contribution is 2.34. The molecule has 6 nitrogen and oxygen atoms in total. The van der Waals surface area contributed by atoms with Gasteiger partial charge in [-0.15, -0.1) is 0 Å². The van der Waals surface area contributed by atoms with Crippen molar-refractivity contribution in [3.05, 3.63) is 51.0 Å². The van der Waals surface area contributed by atoms with E-state index in [0.717, 1.165) is 22.2 Å². The van der Waals surface area contributed by atoms with E-state index in [1.165, 1.54) is 6.08 Å². The van der Waals surface area contributed by atoms with E-state index in [9.17, 15) is 14.4 Å². The second-order valence-electron chi connectivity index (χ2n) is 5.40. The first-order valence-electron chi connectivity index (χ1n) is 7.85. The van der Waals surface area contributed by atoms with Gasteiger partial charge in [0.25, 0.3) is 11.1 Å². The molecule has 0 radical (unpaired) electrons. The van der Waals surface area contributed by atoms with Gasteiger partial charge in [-0.25, -0.2) is 0 Å². The van der Waals surface area contributed by atoms with Crippen LogP contribution in [0, 0.1) is 0 Å². The molecule has 140 valence electrons. The van der Waals surface area contributed by atoms with E-state index in [1.54, 1.807) is 37.3 Å². The lowest BCUT2D eigenvalue weighted by atomic mass is 10.2. The average molecular weight is 426 g/mol. The predicted octanol–water partition coefficient (Wildman–Crippen LogP) is 4.85. The van der Waals surface area contributed by atoms with Gasteiger partial charge in [-0.05, 0) is 49.0 Å². The number of thioether (sulfide) groups is 1. The molecule has 3 rings (SSSR count). The third kappa shape index (κ3) is 4.37. The predicted molar refractivity (Wildman–Crippen MR) is 103 cm³/mol. The van der Waals surface area contributed by atoms with Crippen LogP contribution in [0.4, 0.5) is 4.79 Å². The Morgan fingerprint density at radius 1 is 1.22 bits per heavy atom. The Labute approximate surface area is 169 Å². The first-order valence-corrected chi connectivity index (χ1v) is 9.42. The number of halogens is 2. The van der Waals surface area contributed by atoms with E-state index >= 15 is 0 Å². The van der Waals surface area contributed by atoms with E-state index in [-0.39, 0.29) is 11.5 Å². The van der Waals surface area contributed by atoms with Gasteiger partial charge in [0.1, 0.15) is 18.1 Å². The number of carbonyl (C=O) groups is 3. The summed E-state index contributed by atoms with van der Waals surface area (Å²) in [6, 6.07) is 8.46. The lowest BCUT2D eigenvalue weighted by Crippen LogP contribution is -2.34. The number of carbonyl (C=O) groups excluding carboxylic acids is 3. The Balaban J connectivity index is 1.78. The zero-order valence-corrected chi connectivity index (χ0v) is 16.4. The Morgan fingerprint density at radius 3 is 2.70 bits per heavy atom. The number of furan rings is 1. The monoisotopic (exact) mass is 425 g/mol. The maximum atomic E-state index is 12.4. The van der Waals surface area contributed by atoms with Crippen LogP contribution < -0.4 is 0 Å². The number of nitrogens with zero attached hydrogens (tertiary/aromatic N) is 1. The Morgan fingerprint density at radius 2 is 2.00 bits per heavy atom. The zero-order chi connectivity index (χ0) is 19.6. The molecule has 0 N–H and O–H groups in total. The third-order valence-corrected chi connectivity index (χ3v) is 5.22. The molecule has 1 aromatic carbocycles. The molecule has 0 bridgehead atoms. The molecule has 1 aliphatic heterocycles. The molecule has 9 heteroatoms. The van der Waals surface area contributed by atoms with Gasteiger partial charge in [0, 0.05) is 11.6 Å². The van der Waals surface area contributed by atoms with Gasteiger partial charge in [-0.3, -0.25) is 19.3 Å². The first kappa shape index (κ1) is 19.5. The Bertz CT molecular complexity index is 953. The summed E-state index contributed by atoms with van der Waals surface area (Å²) >= 11 is 12.7. The molecule has 0 spiro atoms. The van der Waals surface area contributed by atoms with Crippen LogP contribution in [0.15, 0.2) is 39.7 Å². The maximum Gasteiger partial charge on any atom is 0.326 e. The van der Waals surface area contributed by atoms with Gasteiger partial charge in [-0.2, -0.15) is 0 Å².